The zero-order valence-electron chi connectivity index (χ0n) is 8.16. The van der Waals surface area contributed by atoms with Crippen LogP contribution in [0.2, 0.25) is 0 Å². The van der Waals surface area contributed by atoms with E-state index in [4.69, 9.17) is 4.74 Å². The van der Waals surface area contributed by atoms with E-state index in [2.05, 4.69) is 35.8 Å². The molecular weight excluding hydrogens is 162 g/mol. The molecule has 0 unspecified atom stereocenters. The summed E-state index contributed by atoms with van der Waals surface area (Å²) in [5, 5.41) is 1.23. The lowest BCUT2D eigenvalue weighted by atomic mass is 10.2. The number of aryl methyl sites for hydroxylation is 2. The molecule has 0 spiro atoms. The second kappa shape index (κ2) is 2.80. The van der Waals surface area contributed by atoms with E-state index in [1.807, 2.05) is 7.05 Å². The highest BCUT2D eigenvalue weighted by Crippen LogP contribution is 2.24. The number of fused-ring (bicyclic) bond motifs is 1. The molecule has 2 heteroatoms. The van der Waals surface area contributed by atoms with Crippen LogP contribution in [0.5, 0.6) is 5.88 Å². The number of hydrogen-bond acceptors (Lipinski definition) is 1. The van der Waals surface area contributed by atoms with Crippen molar-refractivity contribution in [3.8, 4) is 5.88 Å². The van der Waals surface area contributed by atoms with Gasteiger partial charge in [0.15, 0.2) is 5.88 Å². The van der Waals surface area contributed by atoms with Gasteiger partial charge in [-0.15, -0.1) is 0 Å². The van der Waals surface area contributed by atoms with Crippen LogP contribution in [0.3, 0.4) is 0 Å². The van der Waals surface area contributed by atoms with E-state index in [1.165, 1.54) is 16.5 Å². The predicted octanol–water partition coefficient (Wildman–Crippen LogP) is 2.50. The highest BCUT2D eigenvalue weighted by Gasteiger charge is 2.04. The van der Waals surface area contributed by atoms with Crippen molar-refractivity contribution in [1.29, 1.82) is 0 Å². The fourth-order valence-electron chi connectivity index (χ4n) is 1.61. The van der Waals surface area contributed by atoms with Crippen LogP contribution in [0.25, 0.3) is 10.9 Å². The molecule has 0 amide bonds. The van der Waals surface area contributed by atoms with Gasteiger partial charge >= 0.3 is 0 Å². The van der Waals surface area contributed by atoms with Gasteiger partial charge in [-0.2, -0.15) is 0 Å². The Labute approximate surface area is 77.7 Å². The summed E-state index contributed by atoms with van der Waals surface area (Å²) in [6, 6.07) is 8.45. The summed E-state index contributed by atoms with van der Waals surface area (Å²) in [5.74, 6) is 0.903. The summed E-state index contributed by atoms with van der Waals surface area (Å²) in [5.41, 5.74) is 2.49. The molecule has 0 saturated carbocycles. The monoisotopic (exact) mass is 175 g/mol. The molecule has 1 aromatic carbocycles. The molecule has 1 aromatic heterocycles. The average Bonchev–Trinajstić information content (AvgIpc) is 2.44. The van der Waals surface area contributed by atoms with Gasteiger partial charge in [-0.05, 0) is 18.6 Å². The summed E-state index contributed by atoms with van der Waals surface area (Å²) in [4.78, 5) is 0. The summed E-state index contributed by atoms with van der Waals surface area (Å²) in [6.45, 7) is 2.10. The Morgan fingerprint density at radius 2 is 2.00 bits per heavy atom. The third-order valence-electron chi connectivity index (χ3n) is 2.37. The van der Waals surface area contributed by atoms with Gasteiger partial charge in [0.05, 0.1) is 12.6 Å². The number of aromatic nitrogens is 1. The molecule has 0 atom stereocenters. The van der Waals surface area contributed by atoms with Crippen LogP contribution < -0.4 is 4.74 Å². The third-order valence-corrected chi connectivity index (χ3v) is 2.37. The van der Waals surface area contributed by atoms with E-state index in [9.17, 15) is 0 Å². The van der Waals surface area contributed by atoms with Crippen LogP contribution in [-0.2, 0) is 7.05 Å². The van der Waals surface area contributed by atoms with E-state index in [0.717, 1.165) is 5.88 Å². The first kappa shape index (κ1) is 8.17. The first-order valence-electron chi connectivity index (χ1n) is 4.32. The van der Waals surface area contributed by atoms with Crippen LogP contribution in [-0.4, -0.2) is 11.7 Å². The molecule has 2 aromatic rings. The van der Waals surface area contributed by atoms with Crippen molar-refractivity contribution in [2.75, 3.05) is 7.11 Å². The summed E-state index contributed by atoms with van der Waals surface area (Å²) in [6.07, 6.45) is 0. The molecule has 2 nitrogen and oxygen atoms in total. The van der Waals surface area contributed by atoms with E-state index < -0.39 is 0 Å². The van der Waals surface area contributed by atoms with Crippen LogP contribution in [0.15, 0.2) is 24.3 Å². The highest BCUT2D eigenvalue weighted by atomic mass is 16.5. The second-order valence-electron chi connectivity index (χ2n) is 3.31. The van der Waals surface area contributed by atoms with Crippen LogP contribution in [0.4, 0.5) is 0 Å². The standard InChI is InChI=1S/C11H13NO/c1-8-4-5-9-7-11(13-3)12(2)10(9)6-8/h4-7H,1-3H3. The Kier molecular flexibility index (Phi) is 1.76. The SMILES string of the molecule is COc1cc2ccc(C)cc2n1C. The number of ether oxygens (including phenoxy) is 1. The van der Waals surface area contributed by atoms with Gasteiger partial charge in [-0.3, -0.25) is 0 Å². The van der Waals surface area contributed by atoms with Gasteiger partial charge in [-0.25, -0.2) is 0 Å². The van der Waals surface area contributed by atoms with Gasteiger partial charge in [0.25, 0.3) is 0 Å². The maximum absolute atomic E-state index is 5.23. The molecule has 13 heavy (non-hydrogen) atoms. The Bertz CT molecular complexity index is 443. The number of methoxy groups -OCH3 is 1. The Morgan fingerprint density at radius 3 is 2.69 bits per heavy atom. The zero-order chi connectivity index (χ0) is 9.42. The summed E-state index contributed by atoms with van der Waals surface area (Å²) < 4.78 is 7.29. The minimum absolute atomic E-state index is 0.903. The van der Waals surface area contributed by atoms with Gasteiger partial charge in [0, 0.05) is 18.5 Å². The molecule has 0 saturated heterocycles. The molecule has 68 valence electrons. The third kappa shape index (κ3) is 1.18. The quantitative estimate of drug-likeness (QED) is 0.649. The predicted molar refractivity (Wildman–Crippen MR) is 54.2 cm³/mol. The second-order valence-corrected chi connectivity index (χ2v) is 3.31. The summed E-state index contributed by atoms with van der Waals surface area (Å²) >= 11 is 0. The van der Waals surface area contributed by atoms with E-state index in [-0.39, 0.29) is 0 Å². The molecule has 0 aliphatic heterocycles. The number of nitrogens with zero attached hydrogens (tertiary/aromatic N) is 1. The van der Waals surface area contributed by atoms with Crippen molar-refractivity contribution < 1.29 is 4.74 Å². The first-order valence-corrected chi connectivity index (χ1v) is 4.32. The largest absolute Gasteiger partial charge is 0.482 e. The number of hydrogen-bond donors (Lipinski definition) is 0. The fourth-order valence-corrected chi connectivity index (χ4v) is 1.61. The Balaban J connectivity index is 2.77. The molecule has 0 aliphatic carbocycles. The summed E-state index contributed by atoms with van der Waals surface area (Å²) in [7, 11) is 3.71. The van der Waals surface area contributed by atoms with Crippen molar-refractivity contribution in [2.24, 2.45) is 7.05 Å². The van der Waals surface area contributed by atoms with Crippen molar-refractivity contribution >= 4 is 10.9 Å². The smallest absolute Gasteiger partial charge is 0.193 e. The van der Waals surface area contributed by atoms with Gasteiger partial charge in [-0.1, -0.05) is 12.1 Å². The molecule has 2 rings (SSSR count). The number of rotatable bonds is 1. The topological polar surface area (TPSA) is 14.2 Å². The number of benzene rings is 1. The highest BCUT2D eigenvalue weighted by molar-refractivity contribution is 5.82. The molecule has 0 radical (unpaired) electrons. The zero-order valence-corrected chi connectivity index (χ0v) is 8.16. The minimum Gasteiger partial charge on any atom is -0.482 e. The molecule has 1 heterocycles. The Hall–Kier alpha value is -1.44. The van der Waals surface area contributed by atoms with E-state index in [0.29, 0.717) is 0 Å². The lowest BCUT2D eigenvalue weighted by Crippen LogP contribution is -1.92. The van der Waals surface area contributed by atoms with Crippen molar-refractivity contribution in [2.45, 2.75) is 6.92 Å². The molecule has 0 aliphatic rings. The van der Waals surface area contributed by atoms with E-state index in [1.54, 1.807) is 7.11 Å². The van der Waals surface area contributed by atoms with Crippen LogP contribution in [0.1, 0.15) is 5.56 Å². The molecule has 0 bridgehead atoms. The average molecular weight is 175 g/mol. The lowest BCUT2D eigenvalue weighted by molar-refractivity contribution is 0.384. The Morgan fingerprint density at radius 1 is 1.23 bits per heavy atom. The first-order chi connectivity index (χ1) is 6.22. The van der Waals surface area contributed by atoms with E-state index >= 15 is 0 Å². The van der Waals surface area contributed by atoms with Gasteiger partial charge in [0.1, 0.15) is 0 Å². The molecule has 0 fully saturated rings. The maximum Gasteiger partial charge on any atom is 0.193 e. The van der Waals surface area contributed by atoms with Crippen molar-refractivity contribution in [3.63, 3.8) is 0 Å². The van der Waals surface area contributed by atoms with Crippen LogP contribution >= 0.6 is 0 Å². The minimum atomic E-state index is 0.903. The molecule has 0 N–H and O–H groups in total. The van der Waals surface area contributed by atoms with Crippen molar-refractivity contribution in [1.82, 2.24) is 4.57 Å². The van der Waals surface area contributed by atoms with Gasteiger partial charge < -0.3 is 9.30 Å². The van der Waals surface area contributed by atoms with Crippen molar-refractivity contribution in [3.05, 3.63) is 29.8 Å². The maximum atomic E-state index is 5.23. The van der Waals surface area contributed by atoms with Crippen LogP contribution in [0, 0.1) is 6.92 Å². The fraction of sp³-hybridized carbons (Fsp3) is 0.273. The lowest BCUT2D eigenvalue weighted by Gasteiger charge is -2.01. The molecular formula is C11H13NO. The normalized spacial score (nSPS) is 10.7. The van der Waals surface area contributed by atoms with Gasteiger partial charge in [0.2, 0.25) is 0 Å².